The second kappa shape index (κ2) is 8.08. The molecule has 0 fully saturated rings. The predicted octanol–water partition coefficient (Wildman–Crippen LogP) is 4.43. The van der Waals surface area contributed by atoms with Gasteiger partial charge >= 0.3 is 0 Å². The van der Waals surface area contributed by atoms with Gasteiger partial charge in [-0.25, -0.2) is 0 Å². The first-order chi connectivity index (χ1) is 9.79. The number of hydrogen-bond donors (Lipinski definition) is 1. The van der Waals surface area contributed by atoms with Crippen LogP contribution in [0, 0.1) is 0 Å². The molecule has 0 aliphatic rings. The van der Waals surface area contributed by atoms with Crippen molar-refractivity contribution < 1.29 is 4.74 Å². The zero-order valence-corrected chi connectivity index (χ0v) is 13.1. The van der Waals surface area contributed by atoms with Crippen LogP contribution in [0.4, 0.5) is 0 Å². The monoisotopic (exact) mass is 289 g/mol. The fourth-order valence-electron chi connectivity index (χ4n) is 2.06. The summed E-state index contributed by atoms with van der Waals surface area (Å²) in [6.45, 7) is 6.12. The van der Waals surface area contributed by atoms with Gasteiger partial charge in [0.25, 0.3) is 0 Å². The molecule has 0 radical (unpaired) electrons. The summed E-state index contributed by atoms with van der Waals surface area (Å²) < 4.78 is 5.60. The molecule has 1 aromatic carbocycles. The average molecular weight is 289 g/mol. The molecule has 0 aliphatic heterocycles. The molecule has 0 aliphatic carbocycles. The van der Waals surface area contributed by atoms with Crippen LogP contribution in [0.25, 0.3) is 0 Å². The van der Waals surface area contributed by atoms with E-state index in [-0.39, 0.29) is 0 Å². The van der Waals surface area contributed by atoms with Crippen LogP contribution in [-0.2, 0) is 6.42 Å². The maximum atomic E-state index is 5.60. The van der Waals surface area contributed by atoms with Gasteiger partial charge in [-0.3, -0.25) is 0 Å². The van der Waals surface area contributed by atoms with Gasteiger partial charge in [0.2, 0.25) is 0 Å². The summed E-state index contributed by atoms with van der Waals surface area (Å²) in [7, 11) is 0. The molecular weight excluding hydrogens is 266 g/mol. The van der Waals surface area contributed by atoms with Gasteiger partial charge in [0.1, 0.15) is 5.75 Å². The molecule has 2 rings (SSSR count). The van der Waals surface area contributed by atoms with Crippen LogP contribution in [0.3, 0.4) is 0 Å². The highest BCUT2D eigenvalue weighted by Gasteiger charge is 2.05. The summed E-state index contributed by atoms with van der Waals surface area (Å²) in [5.41, 5.74) is 1.31. The van der Waals surface area contributed by atoms with Gasteiger partial charge in [-0.05, 0) is 48.9 Å². The van der Waals surface area contributed by atoms with Crippen molar-refractivity contribution in [1.82, 2.24) is 5.32 Å². The van der Waals surface area contributed by atoms with E-state index in [9.17, 15) is 0 Å². The maximum Gasteiger partial charge on any atom is 0.119 e. The van der Waals surface area contributed by atoms with Gasteiger partial charge in [0.05, 0.1) is 6.61 Å². The van der Waals surface area contributed by atoms with Crippen LogP contribution in [0.2, 0.25) is 0 Å². The number of thiophene rings is 1. The lowest BCUT2D eigenvalue weighted by Gasteiger charge is -2.14. The molecule has 1 aromatic heterocycles. The third-order valence-electron chi connectivity index (χ3n) is 3.25. The highest BCUT2D eigenvalue weighted by Crippen LogP contribution is 2.18. The summed E-state index contributed by atoms with van der Waals surface area (Å²) in [5, 5.41) is 5.70. The Bertz CT molecular complexity index is 478. The van der Waals surface area contributed by atoms with Crippen molar-refractivity contribution in [3.05, 3.63) is 52.2 Å². The Morgan fingerprint density at radius 3 is 2.65 bits per heavy atom. The van der Waals surface area contributed by atoms with Crippen LogP contribution in [0.15, 0.2) is 41.8 Å². The molecule has 0 amide bonds. The van der Waals surface area contributed by atoms with Crippen molar-refractivity contribution in [3.8, 4) is 5.75 Å². The number of hydrogen-bond acceptors (Lipinski definition) is 3. The Hall–Kier alpha value is -1.32. The van der Waals surface area contributed by atoms with Gasteiger partial charge in [0.15, 0.2) is 0 Å². The van der Waals surface area contributed by atoms with Crippen LogP contribution in [-0.4, -0.2) is 13.2 Å². The highest BCUT2D eigenvalue weighted by molar-refractivity contribution is 7.09. The SMILES string of the molecule is CCCOc1ccc(C(C)NCCc2cccs2)cc1. The summed E-state index contributed by atoms with van der Waals surface area (Å²) in [6, 6.07) is 13.1. The van der Waals surface area contributed by atoms with Gasteiger partial charge in [-0.1, -0.05) is 25.1 Å². The van der Waals surface area contributed by atoms with Crippen molar-refractivity contribution in [1.29, 1.82) is 0 Å². The molecule has 3 heteroatoms. The van der Waals surface area contributed by atoms with E-state index in [0.717, 1.165) is 31.7 Å². The smallest absolute Gasteiger partial charge is 0.119 e. The number of ether oxygens (including phenoxy) is 1. The third kappa shape index (κ3) is 4.66. The largest absolute Gasteiger partial charge is 0.494 e. The van der Waals surface area contributed by atoms with Gasteiger partial charge in [-0.2, -0.15) is 0 Å². The minimum Gasteiger partial charge on any atom is -0.494 e. The van der Waals surface area contributed by atoms with Crippen LogP contribution >= 0.6 is 11.3 Å². The zero-order valence-electron chi connectivity index (χ0n) is 12.3. The average Bonchev–Trinajstić information content (AvgIpc) is 2.99. The first-order valence-electron chi connectivity index (χ1n) is 7.28. The molecule has 0 spiro atoms. The molecule has 1 heterocycles. The highest BCUT2D eigenvalue weighted by atomic mass is 32.1. The lowest BCUT2D eigenvalue weighted by atomic mass is 10.1. The maximum absolute atomic E-state index is 5.60. The fourth-order valence-corrected chi connectivity index (χ4v) is 2.77. The van der Waals surface area contributed by atoms with Crippen molar-refractivity contribution in [2.75, 3.05) is 13.2 Å². The van der Waals surface area contributed by atoms with Crippen LogP contribution < -0.4 is 10.1 Å². The summed E-state index contributed by atoms with van der Waals surface area (Å²) in [5.74, 6) is 0.960. The van der Waals surface area contributed by atoms with E-state index in [4.69, 9.17) is 4.74 Å². The van der Waals surface area contributed by atoms with Crippen LogP contribution in [0.5, 0.6) is 5.75 Å². The lowest BCUT2D eigenvalue weighted by molar-refractivity contribution is 0.317. The van der Waals surface area contributed by atoms with Crippen molar-refractivity contribution in [2.24, 2.45) is 0 Å². The second-order valence-electron chi connectivity index (χ2n) is 4.92. The van der Waals surface area contributed by atoms with E-state index in [1.54, 1.807) is 0 Å². The number of rotatable bonds is 8. The Morgan fingerprint density at radius 2 is 2.00 bits per heavy atom. The second-order valence-corrected chi connectivity index (χ2v) is 5.95. The minimum atomic E-state index is 0.371. The number of benzene rings is 1. The van der Waals surface area contributed by atoms with Crippen molar-refractivity contribution in [3.63, 3.8) is 0 Å². The van der Waals surface area contributed by atoms with E-state index in [1.165, 1.54) is 10.4 Å². The Labute approximate surface area is 125 Å². The molecular formula is C17H23NOS. The van der Waals surface area contributed by atoms with Crippen molar-refractivity contribution >= 4 is 11.3 Å². The van der Waals surface area contributed by atoms with E-state index >= 15 is 0 Å². The molecule has 108 valence electrons. The van der Waals surface area contributed by atoms with Gasteiger partial charge in [0, 0.05) is 17.5 Å². The third-order valence-corrected chi connectivity index (χ3v) is 4.19. The quantitative estimate of drug-likeness (QED) is 0.776. The molecule has 0 bridgehead atoms. The molecule has 0 saturated carbocycles. The minimum absolute atomic E-state index is 0.371. The van der Waals surface area contributed by atoms with Crippen LogP contribution in [0.1, 0.15) is 36.8 Å². The molecule has 1 N–H and O–H groups in total. The lowest BCUT2D eigenvalue weighted by Crippen LogP contribution is -2.21. The molecule has 20 heavy (non-hydrogen) atoms. The van der Waals surface area contributed by atoms with E-state index in [2.05, 4.69) is 60.9 Å². The Balaban J connectivity index is 1.78. The Morgan fingerprint density at radius 1 is 1.20 bits per heavy atom. The molecule has 2 aromatic rings. The summed E-state index contributed by atoms with van der Waals surface area (Å²) in [4.78, 5) is 1.44. The van der Waals surface area contributed by atoms with E-state index in [1.807, 2.05) is 11.3 Å². The predicted molar refractivity (Wildman–Crippen MR) is 86.7 cm³/mol. The Kier molecular flexibility index (Phi) is 6.09. The first-order valence-corrected chi connectivity index (χ1v) is 8.16. The summed E-state index contributed by atoms with van der Waals surface area (Å²) in [6.07, 6.45) is 2.14. The summed E-state index contributed by atoms with van der Waals surface area (Å²) >= 11 is 1.82. The molecule has 2 nitrogen and oxygen atoms in total. The topological polar surface area (TPSA) is 21.3 Å². The number of nitrogens with one attached hydrogen (secondary N) is 1. The zero-order chi connectivity index (χ0) is 14.2. The van der Waals surface area contributed by atoms with Crippen molar-refractivity contribution in [2.45, 2.75) is 32.7 Å². The molecule has 0 saturated heterocycles. The van der Waals surface area contributed by atoms with E-state index < -0.39 is 0 Å². The van der Waals surface area contributed by atoms with Gasteiger partial charge in [-0.15, -0.1) is 11.3 Å². The fraction of sp³-hybridized carbons (Fsp3) is 0.412. The molecule has 1 unspecified atom stereocenters. The standard InChI is InChI=1S/C17H23NOS/c1-3-12-19-16-8-6-15(7-9-16)14(2)18-11-10-17-5-4-13-20-17/h4-9,13-14,18H,3,10-12H2,1-2H3. The molecule has 1 atom stereocenters. The normalized spacial score (nSPS) is 12.3. The van der Waals surface area contributed by atoms with E-state index in [0.29, 0.717) is 6.04 Å². The van der Waals surface area contributed by atoms with Gasteiger partial charge < -0.3 is 10.1 Å². The first kappa shape index (κ1) is 15.1.